The predicted molar refractivity (Wildman–Crippen MR) is 80.0 cm³/mol. The highest BCUT2D eigenvalue weighted by atomic mass is 16.4. The molecular formula is C16H22N2O3. The van der Waals surface area contributed by atoms with Crippen LogP contribution >= 0.6 is 0 Å². The molecule has 0 unspecified atom stereocenters. The molecule has 1 saturated heterocycles. The lowest BCUT2D eigenvalue weighted by molar-refractivity contribution is -0.137. The normalized spacial score (nSPS) is 16.5. The van der Waals surface area contributed by atoms with Gasteiger partial charge < -0.3 is 14.9 Å². The highest BCUT2D eigenvalue weighted by molar-refractivity contribution is 5.78. The van der Waals surface area contributed by atoms with Crippen LogP contribution < -0.4 is 0 Å². The second-order valence-corrected chi connectivity index (χ2v) is 5.38. The minimum absolute atomic E-state index is 0.154. The van der Waals surface area contributed by atoms with E-state index in [9.17, 15) is 9.59 Å². The number of hydrogen-bond acceptors (Lipinski definition) is 3. The molecule has 0 radical (unpaired) electrons. The Morgan fingerprint density at radius 3 is 2.52 bits per heavy atom. The summed E-state index contributed by atoms with van der Waals surface area (Å²) in [7, 11) is 0. The van der Waals surface area contributed by atoms with Gasteiger partial charge in [0.25, 0.3) is 0 Å². The van der Waals surface area contributed by atoms with E-state index in [4.69, 9.17) is 5.11 Å². The minimum Gasteiger partial charge on any atom is -0.481 e. The number of nitrogens with zero attached hydrogens (tertiary/aromatic N) is 2. The van der Waals surface area contributed by atoms with Gasteiger partial charge in [-0.1, -0.05) is 30.3 Å². The van der Waals surface area contributed by atoms with Crippen molar-refractivity contribution < 1.29 is 14.7 Å². The van der Waals surface area contributed by atoms with E-state index in [-0.39, 0.29) is 12.3 Å². The average molecular weight is 290 g/mol. The molecule has 5 nitrogen and oxygen atoms in total. The summed E-state index contributed by atoms with van der Waals surface area (Å²) in [6.07, 6.45) is 1.51. The van der Waals surface area contributed by atoms with E-state index < -0.39 is 5.97 Å². The van der Waals surface area contributed by atoms with Gasteiger partial charge in [-0.25, -0.2) is 0 Å². The third-order valence-corrected chi connectivity index (χ3v) is 3.78. The van der Waals surface area contributed by atoms with E-state index in [0.717, 1.165) is 31.6 Å². The van der Waals surface area contributed by atoms with Crippen LogP contribution in [0.25, 0.3) is 0 Å². The first-order chi connectivity index (χ1) is 10.1. The van der Waals surface area contributed by atoms with Crippen molar-refractivity contribution in [3.63, 3.8) is 0 Å². The fourth-order valence-electron chi connectivity index (χ4n) is 2.58. The zero-order chi connectivity index (χ0) is 15.1. The van der Waals surface area contributed by atoms with Crippen molar-refractivity contribution in [1.29, 1.82) is 0 Å². The zero-order valence-electron chi connectivity index (χ0n) is 12.2. The fourth-order valence-corrected chi connectivity index (χ4v) is 2.58. The molecule has 1 aromatic rings. The molecule has 0 aromatic heterocycles. The molecule has 1 amide bonds. The standard InChI is InChI=1S/C16H22N2O3/c19-15(13-14-5-2-1-3-6-14)18-9-4-8-17(11-12-18)10-7-16(20)21/h1-3,5-6H,4,7-13H2,(H,20,21). The Labute approximate surface area is 125 Å². The van der Waals surface area contributed by atoms with Gasteiger partial charge in [-0.2, -0.15) is 0 Å². The molecule has 21 heavy (non-hydrogen) atoms. The van der Waals surface area contributed by atoms with Crippen molar-refractivity contribution in [2.75, 3.05) is 32.7 Å². The summed E-state index contributed by atoms with van der Waals surface area (Å²) in [5.74, 6) is -0.613. The smallest absolute Gasteiger partial charge is 0.304 e. The Hall–Kier alpha value is -1.88. The molecule has 0 spiro atoms. The molecule has 5 heteroatoms. The lowest BCUT2D eigenvalue weighted by Gasteiger charge is -2.21. The van der Waals surface area contributed by atoms with Crippen LogP contribution in [0, 0.1) is 0 Å². The predicted octanol–water partition coefficient (Wildman–Crippen LogP) is 1.24. The highest BCUT2D eigenvalue weighted by Crippen LogP contribution is 2.08. The number of hydrogen-bond donors (Lipinski definition) is 1. The maximum atomic E-state index is 12.3. The summed E-state index contributed by atoms with van der Waals surface area (Å²) in [6, 6.07) is 9.77. The summed E-state index contributed by atoms with van der Waals surface area (Å²) < 4.78 is 0. The van der Waals surface area contributed by atoms with Crippen molar-refractivity contribution in [1.82, 2.24) is 9.80 Å². The SMILES string of the molecule is O=C(O)CCN1CCCN(C(=O)Cc2ccccc2)CC1. The monoisotopic (exact) mass is 290 g/mol. The number of carbonyl (C=O) groups excluding carboxylic acids is 1. The van der Waals surface area contributed by atoms with Crippen LogP contribution in [0.1, 0.15) is 18.4 Å². The Morgan fingerprint density at radius 2 is 1.81 bits per heavy atom. The molecule has 114 valence electrons. The summed E-state index contributed by atoms with van der Waals surface area (Å²) in [5.41, 5.74) is 1.04. The number of aliphatic carboxylic acids is 1. The molecule has 1 fully saturated rings. The average Bonchev–Trinajstić information content (AvgIpc) is 2.71. The molecule has 0 aliphatic carbocycles. The summed E-state index contributed by atoms with van der Waals surface area (Å²) in [5, 5.41) is 8.73. The molecule has 0 bridgehead atoms. The van der Waals surface area contributed by atoms with Crippen LogP contribution in [0.15, 0.2) is 30.3 Å². The van der Waals surface area contributed by atoms with Gasteiger partial charge in [-0.3, -0.25) is 9.59 Å². The lowest BCUT2D eigenvalue weighted by Crippen LogP contribution is -2.36. The maximum absolute atomic E-state index is 12.3. The number of rotatable bonds is 5. The van der Waals surface area contributed by atoms with E-state index in [1.807, 2.05) is 35.2 Å². The van der Waals surface area contributed by atoms with E-state index in [0.29, 0.717) is 19.5 Å². The topological polar surface area (TPSA) is 60.9 Å². The van der Waals surface area contributed by atoms with E-state index in [1.54, 1.807) is 0 Å². The van der Waals surface area contributed by atoms with Crippen LogP contribution in [0.2, 0.25) is 0 Å². The van der Waals surface area contributed by atoms with Gasteiger partial charge in [-0.15, -0.1) is 0 Å². The number of benzene rings is 1. The first kappa shape index (κ1) is 15.5. The summed E-state index contributed by atoms with van der Waals surface area (Å²) >= 11 is 0. The third kappa shape index (κ3) is 5.19. The van der Waals surface area contributed by atoms with Gasteiger partial charge in [0.2, 0.25) is 5.91 Å². The minimum atomic E-state index is -0.767. The number of carbonyl (C=O) groups is 2. The zero-order valence-corrected chi connectivity index (χ0v) is 12.2. The molecule has 1 heterocycles. The van der Waals surface area contributed by atoms with Crippen LogP contribution in [0.5, 0.6) is 0 Å². The largest absolute Gasteiger partial charge is 0.481 e. The van der Waals surface area contributed by atoms with Gasteiger partial charge >= 0.3 is 5.97 Å². The highest BCUT2D eigenvalue weighted by Gasteiger charge is 2.19. The third-order valence-electron chi connectivity index (χ3n) is 3.78. The van der Waals surface area contributed by atoms with E-state index in [1.165, 1.54) is 0 Å². The molecule has 2 rings (SSSR count). The van der Waals surface area contributed by atoms with Crippen molar-refractivity contribution >= 4 is 11.9 Å². The molecular weight excluding hydrogens is 268 g/mol. The van der Waals surface area contributed by atoms with E-state index in [2.05, 4.69) is 4.90 Å². The second kappa shape index (κ2) is 7.78. The Bertz CT molecular complexity index is 476. The number of carboxylic acid groups (broad SMARTS) is 1. The van der Waals surface area contributed by atoms with Gasteiger partial charge in [0.15, 0.2) is 0 Å². The van der Waals surface area contributed by atoms with Crippen LogP contribution in [0.3, 0.4) is 0 Å². The first-order valence-electron chi connectivity index (χ1n) is 7.41. The first-order valence-corrected chi connectivity index (χ1v) is 7.41. The van der Waals surface area contributed by atoms with Crippen LogP contribution in [0.4, 0.5) is 0 Å². The molecule has 0 atom stereocenters. The summed E-state index contributed by atoms with van der Waals surface area (Å²) in [4.78, 5) is 26.9. The van der Waals surface area contributed by atoms with Gasteiger partial charge in [-0.05, 0) is 18.5 Å². The molecule has 1 N–H and O–H groups in total. The number of carboxylic acids is 1. The lowest BCUT2D eigenvalue weighted by atomic mass is 10.1. The molecule has 1 aromatic carbocycles. The van der Waals surface area contributed by atoms with Crippen molar-refractivity contribution in [2.45, 2.75) is 19.3 Å². The van der Waals surface area contributed by atoms with Crippen LogP contribution in [-0.4, -0.2) is 59.5 Å². The van der Waals surface area contributed by atoms with Gasteiger partial charge in [0, 0.05) is 26.2 Å². The van der Waals surface area contributed by atoms with Gasteiger partial charge in [0.1, 0.15) is 0 Å². The van der Waals surface area contributed by atoms with Crippen molar-refractivity contribution in [2.24, 2.45) is 0 Å². The fraction of sp³-hybridized carbons (Fsp3) is 0.500. The quantitative estimate of drug-likeness (QED) is 0.886. The Kier molecular flexibility index (Phi) is 5.75. The van der Waals surface area contributed by atoms with Crippen molar-refractivity contribution in [3.05, 3.63) is 35.9 Å². The number of amides is 1. The Balaban J connectivity index is 1.82. The van der Waals surface area contributed by atoms with Crippen LogP contribution in [-0.2, 0) is 16.0 Å². The second-order valence-electron chi connectivity index (χ2n) is 5.38. The van der Waals surface area contributed by atoms with E-state index >= 15 is 0 Å². The maximum Gasteiger partial charge on any atom is 0.304 e. The summed E-state index contributed by atoms with van der Waals surface area (Å²) in [6.45, 7) is 3.63. The van der Waals surface area contributed by atoms with Gasteiger partial charge in [0.05, 0.1) is 12.8 Å². The Morgan fingerprint density at radius 1 is 1.05 bits per heavy atom. The molecule has 1 aliphatic rings. The molecule has 0 saturated carbocycles. The molecule has 1 aliphatic heterocycles. The van der Waals surface area contributed by atoms with Crippen molar-refractivity contribution in [3.8, 4) is 0 Å².